The van der Waals surface area contributed by atoms with Crippen LogP contribution in [0.1, 0.15) is 0 Å². The Labute approximate surface area is 513 Å². The summed E-state index contributed by atoms with van der Waals surface area (Å²) in [6.45, 7) is 2.00. The molecule has 0 fully saturated rings. The SMILES string of the molecule is C[Si](C)(O)O[Si](=O)[Si](=O)[Si](=O)[Si](=O)[Si](=O)[Si](=O)[Si](=O)[Si](=O)[Si](=O)[Si](=O)[Si](=O)[Si](=O)[Si](=O)[Si](=O)[Si](=O)[Si](=O)[Si](=O)[Si](=O)[Si](=O)[Si](=O)[Si](=O)[Si](=O)[Si](=O)[Si](=O)[Si](=O)[Si](=O)[Si](=O)[Si](=O)[Si](=O)[Si](=O)[Si](=O)[Si](=O)[Si](=O)[Si](=O)[Si](=O)[Si](=O)[Si](=O)[Si](=O)[Si](=O)[Si]=O. The van der Waals surface area contributed by atoms with Gasteiger partial charge in [0, 0.05) is 0 Å². The van der Waals surface area contributed by atoms with E-state index >= 15 is 0 Å². The molecule has 0 unspecified atom stereocenters. The van der Waals surface area contributed by atoms with Crippen LogP contribution in [0, 0.1) is 0 Å². The van der Waals surface area contributed by atoms with E-state index in [1.165, 1.54) is 0 Å². The van der Waals surface area contributed by atoms with E-state index in [-0.39, 0.29) is 0 Å². The Morgan fingerprint density at radius 2 is 0.294 bits per heavy atom. The van der Waals surface area contributed by atoms with Gasteiger partial charge in [0.05, 0.1) is 0 Å². The van der Waals surface area contributed by atoms with Gasteiger partial charge in [0.25, 0.3) is 0 Å². The molecule has 0 aliphatic rings. The number of rotatable bonds is 41. The normalized spacial score (nSPS) is 10.1. The Morgan fingerprint density at radius 3 is 0.388 bits per heavy atom. The maximum absolute atomic E-state index is 12.8. The molecule has 0 bridgehead atoms. The zero-order valence-electron chi connectivity index (χ0n) is 39.7. The van der Waals surface area contributed by atoms with Crippen LogP contribution in [0.5, 0.6) is 0 Å². The zero-order valence-corrected chi connectivity index (χ0v) is 80.7. The Bertz CT molecular complexity index is 3800. The second kappa shape index (κ2) is 37.5. The number of hydrogen-bond acceptors (Lipinski definition) is 42. The fraction of sp³-hybridized carbons (Fsp3) is 1.00. The highest BCUT2D eigenvalue weighted by Gasteiger charge is 2.60. The molecule has 0 aromatic carbocycles. The van der Waals surface area contributed by atoms with Crippen LogP contribution >= 0.6 is 0 Å². The van der Waals surface area contributed by atoms with E-state index in [4.69, 9.17) is 0 Å². The maximum atomic E-state index is 12.8. The van der Waals surface area contributed by atoms with Crippen LogP contribution < -0.4 is 0 Å². The first-order valence-electron chi connectivity index (χ1n) is 19.5. The van der Waals surface area contributed by atoms with Gasteiger partial charge in [0.15, 0.2) is 0 Å². The van der Waals surface area contributed by atoms with Gasteiger partial charge < -0.3 is 187 Å². The lowest BCUT2D eigenvalue weighted by Gasteiger charge is -2.13. The largest absolute Gasteiger partial charge is 0.558 e. The molecule has 1 N–H and O–H groups in total. The third kappa shape index (κ3) is 22.7. The fourth-order valence-electron chi connectivity index (χ4n) is 4.12. The summed E-state index contributed by atoms with van der Waals surface area (Å²) in [5, 5.41) is 0. The van der Waals surface area contributed by atoms with Gasteiger partial charge in [-0.1, -0.05) is 0 Å². The Hall–Kier alpha value is 0.652. The zero-order chi connectivity index (χ0) is 67.4. The summed E-state index contributed by atoms with van der Waals surface area (Å²) in [6.07, 6.45) is 0. The van der Waals surface area contributed by atoms with Gasteiger partial charge in [-0.2, -0.15) is 0 Å². The Morgan fingerprint density at radius 1 is 0.200 bits per heavy atom. The minimum atomic E-state index is -4.86. The van der Waals surface area contributed by atoms with Gasteiger partial charge in [-0.15, -0.1) is 0 Å². The smallest absolute Gasteiger partial charge is 0.533 e. The van der Waals surface area contributed by atoms with Crippen molar-refractivity contribution in [2.45, 2.75) is 13.1 Å². The molecule has 0 saturated carbocycles. The van der Waals surface area contributed by atoms with Crippen molar-refractivity contribution in [3.8, 4) is 0 Å². The topological polar surface area (TPSA) is 712 Å². The van der Waals surface area contributed by atoms with Crippen molar-refractivity contribution in [2.24, 2.45) is 0 Å². The van der Waals surface area contributed by atoms with Crippen molar-refractivity contribution >= 4 is 319 Å². The van der Waals surface area contributed by atoms with E-state index in [0.29, 0.717) is 0 Å². The predicted molar refractivity (Wildman–Crippen MR) is 278 cm³/mol. The van der Waals surface area contributed by atoms with Crippen molar-refractivity contribution in [3.05, 3.63) is 0 Å². The molecule has 0 amide bonds. The molecule has 85 heavy (non-hydrogen) atoms. The lowest BCUT2D eigenvalue weighted by atomic mass is 11.9. The summed E-state index contributed by atoms with van der Waals surface area (Å²) >= 11 is 0. The van der Waals surface area contributed by atoms with Crippen molar-refractivity contribution in [1.82, 2.24) is 0 Å². The van der Waals surface area contributed by atoms with E-state index in [1.807, 2.05) is 0 Å². The molecule has 431 valence electrons. The van der Waals surface area contributed by atoms with Crippen LogP contribution in [0.15, 0.2) is 0 Å². The highest BCUT2D eigenvalue weighted by atomic mass is 30.2. The second-order valence-electron chi connectivity index (χ2n) is 14.4. The molecular formula is C2H7O42Si41. The molecule has 0 saturated heterocycles. The molecule has 83 heteroatoms. The second-order valence-corrected chi connectivity index (χ2v) is 206. The minimum absolute atomic E-state index is 1.00. The van der Waals surface area contributed by atoms with Crippen LogP contribution in [0.25, 0.3) is 0 Å². The summed E-state index contributed by atoms with van der Waals surface area (Å²) in [5.41, 5.74) is 0. The van der Waals surface area contributed by atoms with Crippen LogP contribution in [-0.2, 0) is 183 Å². The Kier molecular flexibility index (Phi) is 37.8. The minimum Gasteiger partial charge on any atom is -0.558 e. The van der Waals surface area contributed by atoms with Crippen molar-refractivity contribution < 1.29 is 187 Å². The van der Waals surface area contributed by atoms with E-state index < -0.39 is 319 Å². The quantitative estimate of drug-likeness (QED) is 0.0555. The lowest BCUT2D eigenvalue weighted by molar-refractivity contribution is 0.372. The van der Waals surface area contributed by atoms with Gasteiger partial charge in [-0.3, -0.25) is 0 Å². The van der Waals surface area contributed by atoms with E-state index in [1.54, 1.807) is 0 Å². The monoisotopic (exact) mass is 1850 g/mol. The molecule has 0 aromatic rings. The van der Waals surface area contributed by atoms with Crippen molar-refractivity contribution in [2.75, 3.05) is 0 Å². The number of hydrogen-bond donors (Lipinski definition) is 1. The molecule has 1 radical (unpaired) electrons. The van der Waals surface area contributed by atoms with E-state index in [0.717, 1.165) is 13.1 Å². The molecule has 0 aromatic heterocycles. The third-order valence-corrected chi connectivity index (χ3v) is 312. The summed E-state index contributed by atoms with van der Waals surface area (Å²) in [4.78, 5) is 9.62. The first-order valence-corrected chi connectivity index (χ1v) is 117. The third-order valence-electron chi connectivity index (χ3n) is 8.25. The summed E-state index contributed by atoms with van der Waals surface area (Å²) in [5.74, 6) is 0. The predicted octanol–water partition coefficient (Wildman–Crippen LogP) is -19.8. The van der Waals surface area contributed by atoms with Gasteiger partial charge in [0.1, 0.15) is 0 Å². The van der Waals surface area contributed by atoms with Crippen LogP contribution in [0.3, 0.4) is 0 Å². The van der Waals surface area contributed by atoms with Crippen LogP contribution in [-0.4, -0.2) is 324 Å². The molecule has 0 aliphatic heterocycles. The van der Waals surface area contributed by atoms with E-state index in [2.05, 4.69) is 4.12 Å². The lowest BCUT2D eigenvalue weighted by Crippen LogP contribution is -2.58. The fourth-order valence-corrected chi connectivity index (χ4v) is 457. The standard InChI is InChI=1S/C2H7O42Si41/c1-85(2,43)44-46(4)48(6)50(8)52(10)54(12)56(14)58(16)60(18)62(20)64(22)66(24)68(26)70(28)72(30)74(32)76(34)78(36)80(38)82(40)84(42)83(41)81(39)79(37)77(35)75(33)73(31)71(29)69(27)67(25)65(23)63(21)61(19)59(17)57(15)55(13)53(11)51(9)49(7)47(5)45-3/h43H,1-2H3. The highest BCUT2D eigenvalue weighted by Crippen LogP contribution is 1.98. The Balaban J connectivity index is 5.98. The van der Waals surface area contributed by atoms with Crippen LogP contribution in [0.4, 0.5) is 0 Å². The van der Waals surface area contributed by atoms with E-state index in [9.17, 15) is 183 Å². The molecule has 0 aliphatic carbocycles. The van der Waals surface area contributed by atoms with Gasteiger partial charge >= 0.3 is 319 Å². The van der Waals surface area contributed by atoms with Gasteiger partial charge in [-0.05, 0) is 13.1 Å². The first-order chi connectivity index (χ1) is 38.6. The molecule has 42 nitrogen and oxygen atoms in total. The van der Waals surface area contributed by atoms with Crippen molar-refractivity contribution in [3.63, 3.8) is 0 Å². The van der Waals surface area contributed by atoms with Crippen molar-refractivity contribution in [1.29, 1.82) is 0 Å². The first kappa shape index (κ1) is 85.7. The highest BCUT2D eigenvalue weighted by molar-refractivity contribution is 7.86. The molecule has 0 spiro atoms. The average Bonchev–Trinajstić information content (AvgIpc) is 3.66. The average molecular weight is 1850 g/mol. The maximum Gasteiger partial charge on any atom is 0.533 e. The van der Waals surface area contributed by atoms with Gasteiger partial charge in [-0.25, -0.2) is 0 Å². The molecule has 0 heterocycles. The van der Waals surface area contributed by atoms with Gasteiger partial charge in [0.2, 0.25) is 0 Å². The summed E-state index contributed by atoms with van der Waals surface area (Å²) in [6, 6.07) is 0. The molecule has 0 atom stereocenters. The summed E-state index contributed by atoms with van der Waals surface area (Å²) in [7, 11) is -185. The molecular weight excluding hydrogens is 1850 g/mol. The van der Waals surface area contributed by atoms with Crippen LogP contribution in [0.2, 0.25) is 13.1 Å². The molecule has 0 rings (SSSR count). The summed E-state index contributed by atoms with van der Waals surface area (Å²) < 4.78 is 505.